The van der Waals surface area contributed by atoms with Gasteiger partial charge in [-0.15, -0.1) is 0 Å². The van der Waals surface area contributed by atoms with Gasteiger partial charge in [-0.05, 0) is 31.9 Å². The molecule has 6 nitrogen and oxygen atoms in total. The van der Waals surface area contributed by atoms with Gasteiger partial charge in [0.05, 0.1) is 6.20 Å². The Kier molecular flexibility index (Phi) is 4.28. The van der Waals surface area contributed by atoms with Crippen LogP contribution in [0.15, 0.2) is 12.3 Å². The summed E-state index contributed by atoms with van der Waals surface area (Å²) in [7, 11) is -5.12. The van der Waals surface area contributed by atoms with Crippen molar-refractivity contribution in [3.63, 3.8) is 0 Å². The molecule has 22 heavy (non-hydrogen) atoms. The van der Waals surface area contributed by atoms with Gasteiger partial charge in [-0.3, -0.25) is 0 Å². The summed E-state index contributed by atoms with van der Waals surface area (Å²) >= 11 is 0. The van der Waals surface area contributed by atoms with E-state index in [1.165, 1.54) is 6.92 Å². The molecule has 0 aliphatic carbocycles. The van der Waals surface area contributed by atoms with Gasteiger partial charge in [-0.1, -0.05) is 6.92 Å². The Balaban J connectivity index is 2.41. The van der Waals surface area contributed by atoms with E-state index in [0.717, 1.165) is 11.9 Å². The second-order valence-electron chi connectivity index (χ2n) is 4.89. The third-order valence-electron chi connectivity index (χ3n) is 2.91. The van der Waals surface area contributed by atoms with Crippen molar-refractivity contribution in [3.8, 4) is 5.88 Å². The van der Waals surface area contributed by atoms with Gasteiger partial charge in [0.1, 0.15) is 5.52 Å². The molecule has 120 valence electrons. The second kappa shape index (κ2) is 5.71. The minimum atomic E-state index is -5.12. The lowest BCUT2D eigenvalue weighted by Gasteiger charge is -2.15. The summed E-state index contributed by atoms with van der Waals surface area (Å²) in [6, 6.07) is 1.72. The number of nitrogens with zero attached hydrogens (tertiary/aromatic N) is 3. The van der Waals surface area contributed by atoms with Crippen LogP contribution in [0, 0.1) is 13.8 Å². The number of alkyl halides is 2. The number of hydrogen-bond acceptors (Lipinski definition) is 6. The summed E-state index contributed by atoms with van der Waals surface area (Å²) in [5.41, 5.74) is 2.01. The average Bonchev–Trinajstić information content (AvgIpc) is 2.38. The Morgan fingerprint density at radius 2 is 1.95 bits per heavy atom. The van der Waals surface area contributed by atoms with E-state index in [9.17, 15) is 17.2 Å². The molecule has 0 spiro atoms. The fourth-order valence-corrected chi connectivity index (χ4v) is 2.80. The van der Waals surface area contributed by atoms with Crippen LogP contribution in [0.3, 0.4) is 0 Å². The SMILES string of the molecule is CCCC(F)(F)S(=O)(=O)Oc1cnc2nc(C)cc(C)c2n1. The van der Waals surface area contributed by atoms with Crippen molar-refractivity contribution in [2.45, 2.75) is 38.9 Å². The van der Waals surface area contributed by atoms with Crippen molar-refractivity contribution in [3.05, 3.63) is 23.5 Å². The molecule has 0 saturated carbocycles. The highest BCUT2D eigenvalue weighted by atomic mass is 32.2. The van der Waals surface area contributed by atoms with Crippen LogP contribution in [0.5, 0.6) is 5.88 Å². The van der Waals surface area contributed by atoms with E-state index in [4.69, 9.17) is 0 Å². The topological polar surface area (TPSA) is 82.0 Å². The quantitative estimate of drug-likeness (QED) is 0.784. The number of pyridine rings is 1. The monoisotopic (exact) mass is 331 g/mol. The van der Waals surface area contributed by atoms with Crippen molar-refractivity contribution >= 4 is 21.3 Å². The molecule has 9 heteroatoms. The van der Waals surface area contributed by atoms with Crippen LogP contribution in [-0.2, 0) is 10.1 Å². The maximum Gasteiger partial charge on any atom is 0.380 e. The molecule has 0 N–H and O–H groups in total. The Bertz CT molecular complexity index is 810. The van der Waals surface area contributed by atoms with Gasteiger partial charge in [-0.25, -0.2) is 15.0 Å². The van der Waals surface area contributed by atoms with E-state index >= 15 is 0 Å². The Hall–Kier alpha value is -1.90. The zero-order valence-electron chi connectivity index (χ0n) is 12.3. The van der Waals surface area contributed by atoms with Gasteiger partial charge in [0.2, 0.25) is 0 Å². The van der Waals surface area contributed by atoms with Crippen LogP contribution in [0.25, 0.3) is 11.2 Å². The van der Waals surface area contributed by atoms with Crippen LogP contribution in [-0.4, -0.2) is 28.6 Å². The van der Waals surface area contributed by atoms with Crippen molar-refractivity contribution in [2.75, 3.05) is 0 Å². The molecule has 0 unspecified atom stereocenters. The average molecular weight is 331 g/mol. The van der Waals surface area contributed by atoms with Crippen molar-refractivity contribution in [2.24, 2.45) is 0 Å². The van der Waals surface area contributed by atoms with E-state index in [1.807, 2.05) is 0 Å². The summed E-state index contributed by atoms with van der Waals surface area (Å²) < 4.78 is 54.8. The minimum Gasteiger partial charge on any atom is -0.356 e. The summed E-state index contributed by atoms with van der Waals surface area (Å²) in [5, 5.41) is -3.97. The normalized spacial score (nSPS) is 12.6. The first-order chi connectivity index (χ1) is 10.2. The fourth-order valence-electron chi connectivity index (χ4n) is 1.92. The van der Waals surface area contributed by atoms with E-state index in [2.05, 4.69) is 19.1 Å². The maximum atomic E-state index is 13.6. The highest BCUT2D eigenvalue weighted by molar-refractivity contribution is 7.88. The van der Waals surface area contributed by atoms with Crippen molar-refractivity contribution < 1.29 is 21.4 Å². The summed E-state index contributed by atoms with van der Waals surface area (Å²) in [6.45, 7) is 4.96. The van der Waals surface area contributed by atoms with E-state index in [0.29, 0.717) is 16.7 Å². The predicted octanol–water partition coefficient (Wildman–Crippen LogP) is 2.74. The molecular weight excluding hydrogens is 316 g/mol. The molecule has 2 aromatic rings. The van der Waals surface area contributed by atoms with Crippen LogP contribution in [0.1, 0.15) is 31.0 Å². The number of halogens is 2. The first kappa shape index (κ1) is 16.5. The van der Waals surface area contributed by atoms with E-state index in [1.54, 1.807) is 19.9 Å². The molecule has 0 fully saturated rings. The fraction of sp³-hybridized carbons (Fsp3) is 0.462. The number of aryl methyl sites for hydroxylation is 2. The molecule has 0 atom stereocenters. The lowest BCUT2D eigenvalue weighted by atomic mass is 10.2. The van der Waals surface area contributed by atoms with Gasteiger partial charge in [0, 0.05) is 12.1 Å². The van der Waals surface area contributed by atoms with Crippen molar-refractivity contribution in [1.82, 2.24) is 15.0 Å². The number of rotatable bonds is 5. The molecule has 0 aromatic carbocycles. The highest BCUT2D eigenvalue weighted by Crippen LogP contribution is 2.29. The third kappa shape index (κ3) is 3.13. The first-order valence-corrected chi connectivity index (χ1v) is 8.00. The molecule has 2 heterocycles. The van der Waals surface area contributed by atoms with Crippen LogP contribution >= 0.6 is 0 Å². The molecule has 0 saturated heterocycles. The highest BCUT2D eigenvalue weighted by Gasteiger charge is 2.46. The smallest absolute Gasteiger partial charge is 0.356 e. The van der Waals surface area contributed by atoms with Gasteiger partial charge in [0.15, 0.2) is 5.65 Å². The Morgan fingerprint density at radius 3 is 2.59 bits per heavy atom. The maximum absolute atomic E-state index is 13.6. The second-order valence-corrected chi connectivity index (χ2v) is 6.56. The molecule has 2 aromatic heterocycles. The lowest BCUT2D eigenvalue weighted by molar-refractivity contribution is 0.0717. The molecule has 0 amide bonds. The molecule has 0 radical (unpaired) electrons. The van der Waals surface area contributed by atoms with Crippen molar-refractivity contribution in [1.29, 1.82) is 0 Å². The minimum absolute atomic E-state index is 0.00128. The number of fused-ring (bicyclic) bond motifs is 1. The van der Waals surface area contributed by atoms with Gasteiger partial charge >= 0.3 is 15.4 Å². The van der Waals surface area contributed by atoms with Crippen LogP contribution in [0.2, 0.25) is 0 Å². The Labute approximate surface area is 126 Å². The van der Waals surface area contributed by atoms with Gasteiger partial charge in [0.25, 0.3) is 5.88 Å². The third-order valence-corrected chi connectivity index (χ3v) is 4.24. The summed E-state index contributed by atoms with van der Waals surface area (Å²) in [5.74, 6) is -0.503. The first-order valence-electron chi connectivity index (χ1n) is 6.59. The van der Waals surface area contributed by atoms with Gasteiger partial charge in [-0.2, -0.15) is 17.2 Å². The van der Waals surface area contributed by atoms with Crippen LogP contribution in [0.4, 0.5) is 8.78 Å². The zero-order valence-corrected chi connectivity index (χ0v) is 13.1. The largest absolute Gasteiger partial charge is 0.380 e. The molecular formula is C13H15F2N3O3S. The van der Waals surface area contributed by atoms with Crippen LogP contribution < -0.4 is 4.18 Å². The van der Waals surface area contributed by atoms with Gasteiger partial charge < -0.3 is 4.18 Å². The number of hydrogen-bond donors (Lipinski definition) is 0. The lowest BCUT2D eigenvalue weighted by Crippen LogP contribution is -2.32. The van der Waals surface area contributed by atoms with E-state index < -0.39 is 27.7 Å². The predicted molar refractivity (Wildman–Crippen MR) is 76.2 cm³/mol. The van der Waals surface area contributed by atoms with E-state index in [-0.39, 0.29) is 6.42 Å². The number of aromatic nitrogens is 3. The zero-order chi connectivity index (χ0) is 16.5. The molecule has 0 aliphatic rings. The standard InChI is InChI=1S/C13H15F2N3O3S/c1-4-5-13(14,15)22(19,20)21-10-7-16-12-11(18-10)8(2)6-9(3)17-12/h6-7H,4-5H2,1-3H3. The molecule has 2 rings (SSSR count). The molecule has 0 bridgehead atoms. The summed E-state index contributed by atoms with van der Waals surface area (Å²) in [6.07, 6.45) is 0.144. The molecule has 0 aliphatic heterocycles. The summed E-state index contributed by atoms with van der Waals surface area (Å²) in [4.78, 5) is 11.9. The Morgan fingerprint density at radius 1 is 1.27 bits per heavy atom.